The number of rotatable bonds is 13. The van der Waals surface area contributed by atoms with Gasteiger partial charge < -0.3 is 15.3 Å². The van der Waals surface area contributed by atoms with E-state index in [0.29, 0.717) is 37.3 Å². The Morgan fingerprint density at radius 3 is 2.45 bits per heavy atom. The molecule has 1 unspecified atom stereocenters. The molecule has 1 aromatic heterocycles. The summed E-state index contributed by atoms with van der Waals surface area (Å²) in [6, 6.07) is 10.1. The summed E-state index contributed by atoms with van der Waals surface area (Å²) in [7, 11) is 1.53. The molecule has 0 aliphatic carbocycles. The predicted octanol–water partition coefficient (Wildman–Crippen LogP) is 5.85. The molecule has 0 radical (unpaired) electrons. The summed E-state index contributed by atoms with van der Waals surface area (Å²) in [6.07, 6.45) is 3.45. The Morgan fingerprint density at radius 2 is 1.86 bits per heavy atom. The number of para-hydroxylation sites is 1. The maximum atomic E-state index is 16.0. The van der Waals surface area contributed by atoms with Gasteiger partial charge in [-0.25, -0.2) is 13.8 Å². The molecule has 0 saturated carbocycles. The van der Waals surface area contributed by atoms with Crippen molar-refractivity contribution in [1.29, 1.82) is 0 Å². The molecular formula is C32H37F2N5O3. The van der Waals surface area contributed by atoms with Crippen molar-refractivity contribution in [3.05, 3.63) is 83.4 Å². The van der Waals surface area contributed by atoms with Crippen molar-refractivity contribution in [2.75, 3.05) is 25.0 Å². The predicted molar refractivity (Wildman–Crippen MR) is 162 cm³/mol. The first-order valence-corrected chi connectivity index (χ1v) is 13.6. The summed E-state index contributed by atoms with van der Waals surface area (Å²) in [5.41, 5.74) is 1.44. The molecule has 3 rings (SSSR count). The van der Waals surface area contributed by atoms with Crippen LogP contribution in [0.5, 0.6) is 5.75 Å². The van der Waals surface area contributed by atoms with E-state index in [2.05, 4.69) is 21.9 Å². The van der Waals surface area contributed by atoms with Gasteiger partial charge in [-0.2, -0.15) is 0 Å². The Bertz CT molecular complexity index is 1450. The van der Waals surface area contributed by atoms with E-state index in [0.717, 1.165) is 23.3 Å². The first-order valence-electron chi connectivity index (χ1n) is 13.6. The molecule has 0 aliphatic rings. The van der Waals surface area contributed by atoms with Gasteiger partial charge in [0.05, 0.1) is 16.8 Å². The Morgan fingerprint density at radius 1 is 1.14 bits per heavy atom. The van der Waals surface area contributed by atoms with E-state index in [1.165, 1.54) is 24.1 Å². The summed E-state index contributed by atoms with van der Waals surface area (Å²) < 4.78 is 30.9. The Hall–Kier alpha value is -4.60. The van der Waals surface area contributed by atoms with E-state index >= 15 is 4.39 Å². The van der Waals surface area contributed by atoms with E-state index in [1.807, 2.05) is 50.8 Å². The average molecular weight is 578 g/mol. The van der Waals surface area contributed by atoms with Gasteiger partial charge in [-0.3, -0.25) is 19.5 Å². The van der Waals surface area contributed by atoms with Gasteiger partial charge in [0.25, 0.3) is 0 Å². The third-order valence-electron chi connectivity index (χ3n) is 6.98. The molecule has 0 saturated heterocycles. The normalized spacial score (nSPS) is 12.1. The molecule has 1 atom stereocenters. The summed E-state index contributed by atoms with van der Waals surface area (Å²) >= 11 is 0. The van der Waals surface area contributed by atoms with Crippen molar-refractivity contribution in [3.63, 3.8) is 0 Å². The van der Waals surface area contributed by atoms with Crippen LogP contribution in [0.25, 0.3) is 11.3 Å². The minimum atomic E-state index is -0.919. The van der Waals surface area contributed by atoms with Crippen LogP contribution in [0.1, 0.15) is 49.8 Å². The number of aromatic nitrogens is 1. The second-order valence-electron chi connectivity index (χ2n) is 10.2. The number of anilines is 2. The van der Waals surface area contributed by atoms with Gasteiger partial charge in [0.2, 0.25) is 12.8 Å². The fourth-order valence-electron chi connectivity index (χ4n) is 4.93. The fraction of sp³-hybridized carbons (Fsp3) is 0.312. The highest BCUT2D eigenvalue weighted by atomic mass is 19.1. The number of aryl methyl sites for hydroxylation is 1. The lowest BCUT2D eigenvalue weighted by Crippen LogP contribution is -2.45. The zero-order chi connectivity index (χ0) is 31.0. The summed E-state index contributed by atoms with van der Waals surface area (Å²) in [4.78, 5) is 36.2. The lowest BCUT2D eigenvalue weighted by Gasteiger charge is -2.34. The molecule has 222 valence electrons. The van der Waals surface area contributed by atoms with Gasteiger partial charge in [0.15, 0.2) is 11.6 Å². The largest absolute Gasteiger partial charge is 0.507 e. The van der Waals surface area contributed by atoms with Crippen molar-refractivity contribution in [2.24, 2.45) is 4.99 Å². The van der Waals surface area contributed by atoms with Gasteiger partial charge in [0, 0.05) is 26.2 Å². The van der Waals surface area contributed by atoms with Crippen molar-refractivity contribution in [2.45, 2.75) is 46.1 Å². The van der Waals surface area contributed by atoms with Crippen LogP contribution in [0.4, 0.5) is 20.3 Å². The molecule has 8 nitrogen and oxygen atoms in total. The number of nitrogens with one attached hydrogen (secondary N) is 1. The first-order chi connectivity index (χ1) is 20.1. The van der Waals surface area contributed by atoms with E-state index < -0.39 is 28.6 Å². The number of amidine groups is 1. The maximum absolute atomic E-state index is 16.0. The number of carbonyl (C=O) groups excluding carboxylic acids is 2. The van der Waals surface area contributed by atoms with Crippen LogP contribution >= 0.6 is 0 Å². The van der Waals surface area contributed by atoms with Crippen molar-refractivity contribution in [1.82, 2.24) is 15.2 Å². The average Bonchev–Trinajstić information content (AvgIpc) is 2.96. The lowest BCUT2D eigenvalue weighted by molar-refractivity contribution is -0.109. The molecule has 3 aromatic rings. The minimum absolute atomic E-state index is 0.00000247. The molecule has 1 heterocycles. The summed E-state index contributed by atoms with van der Waals surface area (Å²) in [5, 5.41) is 13.2. The zero-order valence-electron chi connectivity index (χ0n) is 24.6. The number of carbonyl (C=O) groups is 2. The van der Waals surface area contributed by atoms with Crippen LogP contribution < -0.4 is 10.2 Å². The van der Waals surface area contributed by atoms with Gasteiger partial charge in [-0.05, 0) is 55.5 Å². The van der Waals surface area contributed by atoms with Crippen LogP contribution in [0, 0.1) is 18.6 Å². The number of hydrogen-bond acceptors (Lipinski definition) is 5. The Kier molecular flexibility index (Phi) is 10.9. The summed E-state index contributed by atoms with van der Waals surface area (Å²) in [5.74, 6) is -1.98. The van der Waals surface area contributed by atoms with Crippen LogP contribution in [0.3, 0.4) is 0 Å². The van der Waals surface area contributed by atoms with E-state index in [9.17, 15) is 19.1 Å². The molecule has 42 heavy (non-hydrogen) atoms. The second kappa shape index (κ2) is 14.3. The molecule has 0 fully saturated rings. The number of halogens is 2. The lowest BCUT2D eigenvalue weighted by atomic mass is 9.97. The number of phenols is 1. The third-order valence-corrected chi connectivity index (χ3v) is 6.98. The van der Waals surface area contributed by atoms with E-state index in [4.69, 9.17) is 0 Å². The number of aromatic hydroxyl groups is 1. The van der Waals surface area contributed by atoms with Crippen LogP contribution in [-0.4, -0.2) is 59.8 Å². The highest BCUT2D eigenvalue weighted by molar-refractivity contribution is 6.07. The zero-order valence-corrected chi connectivity index (χ0v) is 24.6. The van der Waals surface area contributed by atoms with E-state index in [1.54, 1.807) is 6.08 Å². The third kappa shape index (κ3) is 6.64. The fourth-order valence-corrected chi connectivity index (χ4v) is 4.93. The molecule has 0 aliphatic heterocycles. The quantitative estimate of drug-likeness (QED) is 0.115. The molecular weight excluding hydrogens is 540 g/mol. The smallest absolute Gasteiger partial charge is 0.219 e. The number of pyridine rings is 1. The number of phenolic OH excluding ortho intramolecular Hbond substituents is 1. The number of aliphatic imine (C=N–C) groups is 1. The van der Waals surface area contributed by atoms with Crippen LogP contribution in [0.2, 0.25) is 0 Å². The molecule has 0 bridgehead atoms. The van der Waals surface area contributed by atoms with Crippen LogP contribution in [-0.2, 0) is 9.59 Å². The Labute approximate surface area is 245 Å². The van der Waals surface area contributed by atoms with Gasteiger partial charge in [-0.1, -0.05) is 44.2 Å². The minimum Gasteiger partial charge on any atom is -0.507 e. The SMILES string of the molecule is C=CCCN(C(=NC)c1cc(F)c(-c2c(O)cccc2F)nc1N(C=O)c1c(C)cccc1C(C)C)C(C)CNC=O. The number of hydrogen-bond donors (Lipinski definition) is 2. The molecule has 10 heteroatoms. The topological polar surface area (TPSA) is 98.1 Å². The first kappa shape index (κ1) is 31.9. The van der Waals surface area contributed by atoms with Crippen molar-refractivity contribution >= 4 is 30.2 Å². The molecule has 0 spiro atoms. The molecule has 2 aromatic carbocycles. The molecule has 2 amide bonds. The highest BCUT2D eigenvalue weighted by Gasteiger charge is 2.30. The highest BCUT2D eigenvalue weighted by Crippen LogP contribution is 2.39. The van der Waals surface area contributed by atoms with E-state index in [-0.39, 0.29) is 29.9 Å². The van der Waals surface area contributed by atoms with Gasteiger partial charge >= 0.3 is 0 Å². The van der Waals surface area contributed by atoms with Crippen molar-refractivity contribution in [3.8, 4) is 17.0 Å². The maximum Gasteiger partial charge on any atom is 0.219 e. The summed E-state index contributed by atoms with van der Waals surface area (Å²) in [6.45, 7) is 12.2. The monoisotopic (exact) mass is 577 g/mol. The standard InChI is InChI=1S/C32H37F2N5O3/c1-7-8-15-38(22(5)17-36-18-40)31(35-6)24-16-26(34)29(28-25(33)13-10-14-27(28)42)37-32(24)39(19-41)30-21(4)11-9-12-23(30)20(2)3/h7,9-14,16,18-20,22,42H,1,8,15,17H2,2-6H3,(H,36,40). The van der Waals surface area contributed by atoms with Gasteiger partial charge in [-0.15, -0.1) is 6.58 Å². The molecule has 2 N–H and O–H groups in total. The number of nitrogens with zero attached hydrogens (tertiary/aromatic N) is 4. The van der Waals surface area contributed by atoms with Crippen molar-refractivity contribution < 1.29 is 23.5 Å². The van der Waals surface area contributed by atoms with Gasteiger partial charge in [0.1, 0.15) is 23.1 Å². The number of benzene rings is 2. The van der Waals surface area contributed by atoms with Crippen LogP contribution in [0.15, 0.2) is 60.1 Å². The second-order valence-corrected chi connectivity index (χ2v) is 10.2. The Balaban J connectivity index is 2.42. The number of amides is 2.